The Morgan fingerprint density at radius 2 is 2.29 bits per heavy atom. The number of nitrogens with zero attached hydrogens (tertiary/aromatic N) is 1. The maximum absolute atomic E-state index is 12.2. The number of halogens is 2. The van der Waals surface area contributed by atoms with E-state index in [9.17, 15) is 8.78 Å². The van der Waals surface area contributed by atoms with E-state index >= 15 is 0 Å². The third-order valence-corrected chi connectivity index (χ3v) is 2.38. The number of rotatable bonds is 6. The van der Waals surface area contributed by atoms with Crippen LogP contribution < -0.4 is 5.73 Å². The van der Waals surface area contributed by atoms with Gasteiger partial charge in [-0.25, -0.2) is 8.78 Å². The van der Waals surface area contributed by atoms with Gasteiger partial charge in [0.05, 0.1) is 13.2 Å². The second kappa shape index (κ2) is 6.27. The highest BCUT2D eigenvalue weighted by Gasteiger charge is 2.20. The molecule has 1 fully saturated rings. The first kappa shape index (κ1) is 11.8. The third kappa shape index (κ3) is 4.30. The van der Waals surface area contributed by atoms with Crippen molar-refractivity contribution in [1.29, 1.82) is 0 Å². The highest BCUT2D eigenvalue weighted by molar-refractivity contribution is 4.70. The van der Waals surface area contributed by atoms with Gasteiger partial charge in [0.25, 0.3) is 6.43 Å². The molecule has 1 heterocycles. The molecule has 0 aliphatic carbocycles. The summed E-state index contributed by atoms with van der Waals surface area (Å²) in [6.07, 6.45) is -1.30. The Hall–Kier alpha value is -0.260. The van der Waals surface area contributed by atoms with Gasteiger partial charge in [0.15, 0.2) is 0 Å². The smallest absolute Gasteiger partial charge is 0.251 e. The second-order valence-corrected chi connectivity index (χ2v) is 3.67. The zero-order valence-electron chi connectivity index (χ0n) is 8.29. The van der Waals surface area contributed by atoms with Crippen LogP contribution in [-0.4, -0.2) is 50.7 Å². The first-order valence-electron chi connectivity index (χ1n) is 5.00. The lowest BCUT2D eigenvalue weighted by molar-refractivity contribution is 0.0790. The van der Waals surface area contributed by atoms with Gasteiger partial charge in [0.2, 0.25) is 0 Å². The minimum Gasteiger partial charge on any atom is -0.381 e. The van der Waals surface area contributed by atoms with E-state index in [1.54, 1.807) is 4.90 Å². The van der Waals surface area contributed by atoms with Crippen molar-refractivity contribution >= 4 is 0 Å². The van der Waals surface area contributed by atoms with Crippen molar-refractivity contribution in [2.45, 2.75) is 12.8 Å². The van der Waals surface area contributed by atoms with Crippen LogP contribution in [0.15, 0.2) is 0 Å². The molecule has 0 aromatic carbocycles. The highest BCUT2D eigenvalue weighted by Crippen LogP contribution is 2.14. The Bertz CT molecular complexity index is 152. The summed E-state index contributed by atoms with van der Waals surface area (Å²) in [5.74, 6) is 0.403. The Morgan fingerprint density at radius 3 is 2.79 bits per heavy atom. The van der Waals surface area contributed by atoms with E-state index in [1.807, 2.05) is 0 Å². The minimum absolute atomic E-state index is 0.173. The molecule has 1 aliphatic rings. The van der Waals surface area contributed by atoms with Crippen LogP contribution in [0.2, 0.25) is 0 Å². The van der Waals surface area contributed by atoms with Crippen molar-refractivity contribution in [2.75, 3.05) is 39.4 Å². The summed E-state index contributed by atoms with van der Waals surface area (Å²) in [6.45, 7) is 2.94. The third-order valence-electron chi connectivity index (χ3n) is 2.38. The monoisotopic (exact) mass is 208 g/mol. The largest absolute Gasteiger partial charge is 0.381 e. The molecule has 1 rings (SSSR count). The van der Waals surface area contributed by atoms with Crippen LogP contribution in [0.25, 0.3) is 0 Å². The average molecular weight is 208 g/mol. The van der Waals surface area contributed by atoms with Gasteiger partial charge < -0.3 is 10.5 Å². The fraction of sp³-hybridized carbons (Fsp3) is 1.00. The topological polar surface area (TPSA) is 38.5 Å². The van der Waals surface area contributed by atoms with Crippen LogP contribution in [0.5, 0.6) is 0 Å². The van der Waals surface area contributed by atoms with Crippen LogP contribution in [0, 0.1) is 5.92 Å². The van der Waals surface area contributed by atoms with Crippen molar-refractivity contribution in [1.82, 2.24) is 4.90 Å². The number of hydrogen-bond donors (Lipinski definition) is 1. The van der Waals surface area contributed by atoms with Crippen LogP contribution in [-0.2, 0) is 4.74 Å². The van der Waals surface area contributed by atoms with Crippen molar-refractivity contribution in [3.05, 3.63) is 0 Å². The van der Waals surface area contributed by atoms with E-state index in [4.69, 9.17) is 10.5 Å². The number of hydrogen-bond acceptors (Lipinski definition) is 3. The number of alkyl halides is 2. The summed E-state index contributed by atoms with van der Waals surface area (Å²) in [4.78, 5) is 1.73. The van der Waals surface area contributed by atoms with Crippen molar-refractivity contribution < 1.29 is 13.5 Å². The van der Waals surface area contributed by atoms with Crippen molar-refractivity contribution in [3.63, 3.8) is 0 Å². The molecule has 0 aromatic heterocycles. The van der Waals surface area contributed by atoms with Gasteiger partial charge in [0.1, 0.15) is 0 Å². The predicted molar refractivity (Wildman–Crippen MR) is 50.4 cm³/mol. The van der Waals surface area contributed by atoms with Gasteiger partial charge in [-0.05, 0) is 12.3 Å². The molecule has 3 nitrogen and oxygen atoms in total. The normalized spacial score (nSPS) is 22.5. The van der Waals surface area contributed by atoms with E-state index in [0.717, 1.165) is 13.0 Å². The second-order valence-electron chi connectivity index (χ2n) is 3.67. The van der Waals surface area contributed by atoms with E-state index in [0.29, 0.717) is 32.2 Å². The molecule has 0 saturated carbocycles. The molecule has 0 amide bonds. The predicted octanol–water partition coefficient (Wildman–Crippen LogP) is 0.549. The van der Waals surface area contributed by atoms with Crippen molar-refractivity contribution in [3.8, 4) is 0 Å². The maximum Gasteiger partial charge on any atom is 0.251 e. The summed E-state index contributed by atoms with van der Waals surface area (Å²) >= 11 is 0. The molecule has 0 radical (unpaired) electrons. The molecule has 1 atom stereocenters. The molecular weight excluding hydrogens is 190 g/mol. The van der Waals surface area contributed by atoms with Crippen LogP contribution in [0.3, 0.4) is 0 Å². The summed E-state index contributed by atoms with van der Waals surface area (Å²) < 4.78 is 29.5. The van der Waals surface area contributed by atoms with Gasteiger partial charge in [0, 0.05) is 26.2 Å². The first-order chi connectivity index (χ1) is 6.72. The molecule has 1 aliphatic heterocycles. The number of nitrogens with two attached hydrogens (primary N) is 1. The molecule has 5 heteroatoms. The average Bonchev–Trinajstić information content (AvgIpc) is 2.56. The van der Waals surface area contributed by atoms with Gasteiger partial charge in [-0.1, -0.05) is 0 Å². The summed E-state index contributed by atoms with van der Waals surface area (Å²) in [6, 6.07) is 0. The summed E-state index contributed by atoms with van der Waals surface area (Å²) in [5.41, 5.74) is 5.36. The first-order valence-corrected chi connectivity index (χ1v) is 5.00. The molecule has 14 heavy (non-hydrogen) atoms. The fourth-order valence-corrected chi connectivity index (χ4v) is 1.73. The SMILES string of the molecule is NCCN(CC(F)F)CC1CCOC1. The molecule has 1 saturated heterocycles. The van der Waals surface area contributed by atoms with Gasteiger partial charge in [-0.2, -0.15) is 0 Å². The Morgan fingerprint density at radius 1 is 1.50 bits per heavy atom. The summed E-state index contributed by atoms with van der Waals surface area (Å²) in [5, 5.41) is 0. The van der Waals surface area contributed by atoms with Gasteiger partial charge in [-0.15, -0.1) is 0 Å². The quantitative estimate of drug-likeness (QED) is 0.692. The Kier molecular flexibility index (Phi) is 5.29. The molecule has 0 spiro atoms. The lowest BCUT2D eigenvalue weighted by Crippen LogP contribution is -2.37. The van der Waals surface area contributed by atoms with Gasteiger partial charge >= 0.3 is 0 Å². The Balaban J connectivity index is 2.25. The van der Waals surface area contributed by atoms with Gasteiger partial charge in [-0.3, -0.25) is 4.90 Å². The molecule has 0 bridgehead atoms. The Labute approximate surface area is 83.2 Å². The molecule has 1 unspecified atom stereocenters. The molecule has 84 valence electrons. The van der Waals surface area contributed by atoms with Crippen LogP contribution >= 0.6 is 0 Å². The molecular formula is C9H18F2N2O. The van der Waals surface area contributed by atoms with Crippen LogP contribution in [0.1, 0.15) is 6.42 Å². The summed E-state index contributed by atoms with van der Waals surface area (Å²) in [7, 11) is 0. The number of ether oxygens (including phenoxy) is 1. The fourth-order valence-electron chi connectivity index (χ4n) is 1.73. The standard InChI is InChI=1S/C9H18F2N2O/c10-9(11)6-13(3-2-12)5-8-1-4-14-7-8/h8-9H,1-7,12H2. The molecule has 2 N–H and O–H groups in total. The van der Waals surface area contributed by atoms with E-state index in [2.05, 4.69) is 0 Å². The van der Waals surface area contributed by atoms with E-state index in [-0.39, 0.29) is 6.54 Å². The zero-order chi connectivity index (χ0) is 10.4. The van der Waals surface area contributed by atoms with Crippen molar-refractivity contribution in [2.24, 2.45) is 11.7 Å². The maximum atomic E-state index is 12.2. The lowest BCUT2D eigenvalue weighted by Gasteiger charge is -2.23. The van der Waals surface area contributed by atoms with E-state index < -0.39 is 6.43 Å². The highest BCUT2D eigenvalue weighted by atomic mass is 19.3. The zero-order valence-corrected chi connectivity index (χ0v) is 8.29. The van der Waals surface area contributed by atoms with Crippen LogP contribution in [0.4, 0.5) is 8.78 Å². The lowest BCUT2D eigenvalue weighted by atomic mass is 10.1. The van der Waals surface area contributed by atoms with E-state index in [1.165, 1.54) is 0 Å². The molecule has 0 aromatic rings. The minimum atomic E-state index is -2.27.